The average molecular weight is 244 g/mol. The molecule has 0 aromatic heterocycles. The van der Waals surface area contributed by atoms with Crippen LogP contribution in [-0.4, -0.2) is 19.3 Å². The van der Waals surface area contributed by atoms with Crippen molar-refractivity contribution in [2.24, 2.45) is 0 Å². The van der Waals surface area contributed by atoms with Crippen LogP contribution in [0.4, 0.5) is 8.78 Å². The smallest absolute Gasteiger partial charge is 0.394 e. The van der Waals surface area contributed by atoms with E-state index in [4.69, 9.17) is 4.74 Å². The molecule has 0 unspecified atom stereocenters. The summed E-state index contributed by atoms with van der Waals surface area (Å²) in [6.45, 7) is 2.71. The fraction of sp³-hybridized carbons (Fsp3) is 0.538. The molecule has 1 aromatic rings. The van der Waals surface area contributed by atoms with Crippen LogP contribution in [0.2, 0.25) is 0 Å². The fourth-order valence-corrected chi connectivity index (χ4v) is 1.38. The van der Waals surface area contributed by atoms with Crippen molar-refractivity contribution in [3.8, 4) is 5.75 Å². The molecule has 1 aromatic carbocycles. The van der Waals surface area contributed by atoms with E-state index >= 15 is 0 Å². The molecule has 0 aliphatic carbocycles. The van der Waals surface area contributed by atoms with Crippen LogP contribution in [0.15, 0.2) is 30.3 Å². The summed E-state index contributed by atoms with van der Waals surface area (Å²) in [4.78, 5) is 0. The van der Waals surface area contributed by atoms with Crippen molar-refractivity contribution < 1.29 is 18.3 Å². The largest absolute Gasteiger partial charge is 0.433 e. The summed E-state index contributed by atoms with van der Waals surface area (Å²) in [5, 5.41) is 0. The predicted molar refractivity (Wildman–Crippen MR) is 62.4 cm³/mol. The van der Waals surface area contributed by atoms with Gasteiger partial charge in [0.1, 0.15) is 5.75 Å². The minimum absolute atomic E-state index is 0.181. The van der Waals surface area contributed by atoms with Crippen molar-refractivity contribution in [3.63, 3.8) is 0 Å². The molecule has 0 atom stereocenters. The maximum atomic E-state index is 12.2. The number of halogens is 2. The van der Waals surface area contributed by atoms with Crippen LogP contribution < -0.4 is 4.74 Å². The van der Waals surface area contributed by atoms with Gasteiger partial charge >= 0.3 is 6.11 Å². The highest BCUT2D eigenvalue weighted by atomic mass is 19.3. The molecule has 0 saturated carbocycles. The first kappa shape index (κ1) is 13.9. The summed E-state index contributed by atoms with van der Waals surface area (Å²) in [6, 6.07) is 7.98. The molecule has 17 heavy (non-hydrogen) atoms. The van der Waals surface area contributed by atoms with Crippen molar-refractivity contribution in [1.82, 2.24) is 0 Å². The van der Waals surface area contributed by atoms with E-state index in [1.165, 1.54) is 31.4 Å². The minimum Gasteiger partial charge on any atom is -0.433 e. The molecule has 0 amide bonds. The highest BCUT2D eigenvalue weighted by Gasteiger charge is 2.22. The van der Waals surface area contributed by atoms with Crippen LogP contribution in [0.25, 0.3) is 0 Å². The first-order valence-electron chi connectivity index (χ1n) is 5.77. The lowest BCUT2D eigenvalue weighted by molar-refractivity contribution is -0.158. The van der Waals surface area contributed by atoms with Gasteiger partial charge in [-0.05, 0) is 31.4 Å². The summed E-state index contributed by atoms with van der Waals surface area (Å²) in [5.74, 6) is 0.181. The number of benzene rings is 1. The molecule has 0 radical (unpaired) electrons. The predicted octanol–water partition coefficient (Wildman–Crippen LogP) is 3.87. The normalized spacial score (nSPS) is 15.7. The monoisotopic (exact) mass is 244 g/mol. The zero-order valence-corrected chi connectivity index (χ0v) is 9.99. The maximum Gasteiger partial charge on any atom is 0.394 e. The number of hydrogen-bond acceptors (Lipinski definition) is 2. The Morgan fingerprint density at radius 2 is 1.65 bits per heavy atom. The van der Waals surface area contributed by atoms with Crippen molar-refractivity contribution >= 4 is 0 Å². The summed E-state index contributed by atoms with van der Waals surface area (Å²) in [5.41, 5.74) is 0. The van der Waals surface area contributed by atoms with Crippen LogP contribution in [0.5, 0.6) is 5.75 Å². The molecule has 1 heterocycles. The lowest BCUT2D eigenvalue weighted by atomic mass is 10.2. The van der Waals surface area contributed by atoms with Crippen molar-refractivity contribution in [1.29, 1.82) is 0 Å². The summed E-state index contributed by atoms with van der Waals surface area (Å²) in [7, 11) is 0. The van der Waals surface area contributed by atoms with Gasteiger partial charge in [0, 0.05) is 20.1 Å². The number of para-hydroxylation sites is 1. The number of alkyl halides is 2. The van der Waals surface area contributed by atoms with Gasteiger partial charge in [0.2, 0.25) is 0 Å². The van der Waals surface area contributed by atoms with Crippen molar-refractivity contribution in [2.75, 3.05) is 13.2 Å². The highest BCUT2D eigenvalue weighted by molar-refractivity contribution is 5.21. The highest BCUT2D eigenvalue weighted by Crippen LogP contribution is 2.19. The van der Waals surface area contributed by atoms with Crippen molar-refractivity contribution in [3.05, 3.63) is 30.3 Å². The lowest BCUT2D eigenvalue weighted by Gasteiger charge is -2.11. The van der Waals surface area contributed by atoms with E-state index in [9.17, 15) is 8.78 Å². The molecule has 1 aliphatic heterocycles. The Kier molecular flexibility index (Phi) is 5.91. The molecular formula is C13H18F2O2. The average Bonchev–Trinajstić information content (AvgIpc) is 2.31. The van der Waals surface area contributed by atoms with Gasteiger partial charge in [0.05, 0.1) is 0 Å². The maximum absolute atomic E-state index is 12.2. The van der Waals surface area contributed by atoms with Gasteiger partial charge in [-0.3, -0.25) is 0 Å². The third kappa shape index (κ3) is 7.69. The SMILES string of the molecule is C1CCOCC1.CC(F)(F)Oc1ccccc1. The second kappa shape index (κ2) is 7.22. The van der Waals surface area contributed by atoms with E-state index in [1.54, 1.807) is 18.2 Å². The summed E-state index contributed by atoms with van der Waals surface area (Å²) in [6.07, 6.45) is 0.835. The zero-order valence-electron chi connectivity index (χ0n) is 9.99. The third-order valence-electron chi connectivity index (χ3n) is 2.12. The van der Waals surface area contributed by atoms with E-state index in [1.807, 2.05) is 0 Å². The van der Waals surface area contributed by atoms with Gasteiger partial charge in [0.25, 0.3) is 0 Å². The van der Waals surface area contributed by atoms with Crippen LogP contribution in [0.3, 0.4) is 0 Å². The summed E-state index contributed by atoms with van der Waals surface area (Å²) >= 11 is 0. The van der Waals surface area contributed by atoms with E-state index in [0.717, 1.165) is 13.2 Å². The molecule has 2 rings (SSSR count). The van der Waals surface area contributed by atoms with Crippen LogP contribution >= 0.6 is 0 Å². The molecule has 0 spiro atoms. The van der Waals surface area contributed by atoms with Gasteiger partial charge in [-0.15, -0.1) is 0 Å². The number of hydrogen-bond donors (Lipinski definition) is 0. The molecule has 0 N–H and O–H groups in total. The lowest BCUT2D eigenvalue weighted by Crippen LogP contribution is -2.18. The first-order valence-corrected chi connectivity index (χ1v) is 5.77. The first-order chi connectivity index (χ1) is 8.08. The second-order valence-electron chi connectivity index (χ2n) is 3.90. The van der Waals surface area contributed by atoms with Crippen LogP contribution in [0, 0.1) is 0 Å². The van der Waals surface area contributed by atoms with Crippen molar-refractivity contribution in [2.45, 2.75) is 32.3 Å². The minimum atomic E-state index is -3.10. The van der Waals surface area contributed by atoms with Crippen LogP contribution in [-0.2, 0) is 4.74 Å². The number of ether oxygens (including phenoxy) is 2. The molecule has 1 fully saturated rings. The van der Waals surface area contributed by atoms with Crippen LogP contribution in [0.1, 0.15) is 26.2 Å². The topological polar surface area (TPSA) is 18.5 Å². The molecule has 1 aliphatic rings. The standard InChI is InChI=1S/C8H8F2O.C5H10O/c1-8(9,10)11-7-5-3-2-4-6-7;1-2-4-6-5-3-1/h2-6H,1H3;1-5H2. The van der Waals surface area contributed by atoms with Gasteiger partial charge in [-0.2, -0.15) is 8.78 Å². The zero-order chi connectivity index (χ0) is 12.6. The molecule has 96 valence electrons. The third-order valence-corrected chi connectivity index (χ3v) is 2.12. The Bertz CT molecular complexity index is 281. The Hall–Kier alpha value is -1.16. The van der Waals surface area contributed by atoms with Gasteiger partial charge in [-0.1, -0.05) is 18.2 Å². The quantitative estimate of drug-likeness (QED) is 0.786. The molecule has 0 bridgehead atoms. The summed E-state index contributed by atoms with van der Waals surface area (Å²) < 4.78 is 33.7. The fourth-order valence-electron chi connectivity index (χ4n) is 1.38. The van der Waals surface area contributed by atoms with Gasteiger partial charge in [-0.25, -0.2) is 0 Å². The Morgan fingerprint density at radius 3 is 2.00 bits per heavy atom. The molecule has 2 nitrogen and oxygen atoms in total. The van der Waals surface area contributed by atoms with E-state index in [0.29, 0.717) is 6.92 Å². The molecule has 4 heteroatoms. The van der Waals surface area contributed by atoms with E-state index < -0.39 is 6.11 Å². The second-order valence-corrected chi connectivity index (χ2v) is 3.90. The Morgan fingerprint density at radius 1 is 1.06 bits per heavy atom. The van der Waals surface area contributed by atoms with E-state index in [2.05, 4.69) is 4.74 Å². The number of rotatable bonds is 2. The Labute approximate surface area is 101 Å². The molecular weight excluding hydrogens is 226 g/mol. The molecule has 1 saturated heterocycles. The van der Waals surface area contributed by atoms with Gasteiger partial charge < -0.3 is 9.47 Å². The Balaban J connectivity index is 0.000000202. The van der Waals surface area contributed by atoms with Gasteiger partial charge in [0.15, 0.2) is 0 Å². The van der Waals surface area contributed by atoms with E-state index in [-0.39, 0.29) is 5.75 Å².